The molecule has 1 rings (SSSR count). The second-order valence-corrected chi connectivity index (χ2v) is 10.2. The van der Waals surface area contributed by atoms with E-state index in [9.17, 15) is 5.11 Å². The third kappa shape index (κ3) is 3.21. The summed E-state index contributed by atoms with van der Waals surface area (Å²) in [7, 11) is -0.914. The molecule has 0 aliphatic heterocycles. The van der Waals surface area contributed by atoms with Crippen molar-refractivity contribution in [3.63, 3.8) is 0 Å². The van der Waals surface area contributed by atoms with Crippen LogP contribution < -0.4 is 0 Å². The highest BCUT2D eigenvalue weighted by Gasteiger charge is 2.23. The Morgan fingerprint density at radius 3 is 2.36 bits per heavy atom. The van der Waals surface area contributed by atoms with Gasteiger partial charge in [-0.15, -0.1) is 0 Å². The van der Waals surface area contributed by atoms with Crippen molar-refractivity contribution in [3.05, 3.63) is 12.2 Å². The van der Waals surface area contributed by atoms with Crippen molar-refractivity contribution in [3.8, 4) is 0 Å². The lowest BCUT2D eigenvalue weighted by molar-refractivity contribution is 0.212. The Labute approximate surface area is 70.1 Å². The van der Waals surface area contributed by atoms with E-state index in [1.807, 2.05) is 6.08 Å². The Morgan fingerprint density at radius 2 is 2.00 bits per heavy atom. The lowest BCUT2D eigenvalue weighted by Gasteiger charge is -2.19. The molecule has 2 heteroatoms. The molecule has 2 atom stereocenters. The molecule has 2 unspecified atom stereocenters. The van der Waals surface area contributed by atoms with Gasteiger partial charge in [0.2, 0.25) is 0 Å². The highest BCUT2D eigenvalue weighted by Crippen LogP contribution is 2.26. The van der Waals surface area contributed by atoms with Crippen LogP contribution in [0.25, 0.3) is 0 Å². The average Bonchev–Trinajstić information content (AvgIpc) is 2.10. The van der Waals surface area contributed by atoms with Crippen LogP contribution >= 0.6 is 0 Å². The molecule has 0 aromatic heterocycles. The molecule has 64 valence electrons. The quantitative estimate of drug-likeness (QED) is 0.498. The fourth-order valence-corrected chi connectivity index (χ4v) is 3.57. The molecule has 0 amide bonds. The third-order valence-electron chi connectivity index (χ3n) is 2.02. The number of rotatable bonds is 2. The lowest BCUT2D eigenvalue weighted by atomic mass is 10.1. The van der Waals surface area contributed by atoms with Crippen LogP contribution in [-0.2, 0) is 0 Å². The van der Waals surface area contributed by atoms with E-state index in [0.717, 1.165) is 6.42 Å². The first-order chi connectivity index (χ1) is 4.97. The topological polar surface area (TPSA) is 20.2 Å². The number of hydrogen-bond acceptors (Lipinski definition) is 1. The van der Waals surface area contributed by atoms with Crippen molar-refractivity contribution in [2.75, 3.05) is 0 Å². The van der Waals surface area contributed by atoms with E-state index >= 15 is 0 Å². The highest BCUT2D eigenvalue weighted by molar-refractivity contribution is 6.76. The molecule has 0 radical (unpaired) electrons. The Balaban J connectivity index is 2.36. The largest absolute Gasteiger partial charge is 0.389 e. The molecule has 0 heterocycles. The molecular weight excluding hydrogens is 152 g/mol. The Hall–Kier alpha value is -0.0831. The lowest BCUT2D eigenvalue weighted by Crippen LogP contribution is -2.23. The normalized spacial score (nSPS) is 31.3. The maximum absolute atomic E-state index is 9.23. The zero-order chi connectivity index (χ0) is 8.48. The molecular formula is C9H18OSi. The molecule has 0 aromatic rings. The van der Waals surface area contributed by atoms with E-state index in [2.05, 4.69) is 25.7 Å². The number of hydrogen-bond donors (Lipinski definition) is 1. The Kier molecular flexibility index (Phi) is 2.55. The van der Waals surface area contributed by atoms with Crippen molar-refractivity contribution in [2.24, 2.45) is 5.92 Å². The molecule has 0 spiro atoms. The summed E-state index contributed by atoms with van der Waals surface area (Å²) < 4.78 is 0. The minimum Gasteiger partial charge on any atom is -0.389 e. The van der Waals surface area contributed by atoms with Gasteiger partial charge < -0.3 is 5.11 Å². The number of aliphatic hydroxyl groups excluding tert-OH is 1. The first kappa shape index (κ1) is 9.01. The van der Waals surface area contributed by atoms with Crippen LogP contribution in [0.15, 0.2) is 12.2 Å². The summed E-state index contributed by atoms with van der Waals surface area (Å²) in [5, 5.41) is 9.23. The van der Waals surface area contributed by atoms with Crippen molar-refractivity contribution < 1.29 is 5.11 Å². The summed E-state index contributed by atoms with van der Waals surface area (Å²) >= 11 is 0. The zero-order valence-corrected chi connectivity index (χ0v) is 8.67. The summed E-state index contributed by atoms with van der Waals surface area (Å²) in [5.74, 6) is 0.664. The highest BCUT2D eigenvalue weighted by atomic mass is 28.3. The average molecular weight is 170 g/mol. The molecule has 1 N–H and O–H groups in total. The van der Waals surface area contributed by atoms with Crippen molar-refractivity contribution in [1.29, 1.82) is 0 Å². The minimum atomic E-state index is -0.914. The third-order valence-corrected chi connectivity index (χ3v) is 3.77. The van der Waals surface area contributed by atoms with E-state index in [1.54, 1.807) is 0 Å². The number of allylic oxidation sites excluding steroid dienone is 1. The molecule has 0 saturated carbocycles. The molecule has 0 fully saturated rings. The van der Waals surface area contributed by atoms with Crippen LogP contribution in [0.1, 0.15) is 6.42 Å². The monoisotopic (exact) mass is 170 g/mol. The summed E-state index contributed by atoms with van der Waals surface area (Å²) in [6.07, 6.45) is 4.93. The van der Waals surface area contributed by atoms with Gasteiger partial charge in [0.15, 0.2) is 0 Å². The fraction of sp³-hybridized carbons (Fsp3) is 0.778. The van der Waals surface area contributed by atoms with Crippen LogP contribution in [0.4, 0.5) is 0 Å². The SMILES string of the molecule is C[Si](C)(C)CC1C=CC(O)C1. The first-order valence-corrected chi connectivity index (χ1v) is 8.04. The van der Waals surface area contributed by atoms with E-state index in [1.165, 1.54) is 6.04 Å². The molecule has 11 heavy (non-hydrogen) atoms. The van der Waals surface area contributed by atoms with E-state index in [-0.39, 0.29) is 6.10 Å². The summed E-state index contributed by atoms with van der Waals surface area (Å²) in [6, 6.07) is 1.32. The van der Waals surface area contributed by atoms with Crippen LogP contribution in [0, 0.1) is 5.92 Å². The van der Waals surface area contributed by atoms with Gasteiger partial charge in [0.05, 0.1) is 6.10 Å². The van der Waals surface area contributed by atoms with Crippen LogP contribution in [0.5, 0.6) is 0 Å². The van der Waals surface area contributed by atoms with Gasteiger partial charge in [0.25, 0.3) is 0 Å². The van der Waals surface area contributed by atoms with E-state index in [4.69, 9.17) is 0 Å². The van der Waals surface area contributed by atoms with Crippen molar-refractivity contribution in [1.82, 2.24) is 0 Å². The smallest absolute Gasteiger partial charge is 0.0726 e. The van der Waals surface area contributed by atoms with Gasteiger partial charge in [-0.3, -0.25) is 0 Å². The Morgan fingerprint density at radius 1 is 1.36 bits per heavy atom. The van der Waals surface area contributed by atoms with Crippen LogP contribution in [0.2, 0.25) is 25.7 Å². The standard InChI is InChI=1S/C9H18OSi/c1-11(2,3)7-8-4-5-9(10)6-8/h4-5,8-10H,6-7H2,1-3H3. The summed E-state index contributed by atoms with van der Waals surface area (Å²) in [5.41, 5.74) is 0. The second kappa shape index (κ2) is 3.11. The van der Waals surface area contributed by atoms with E-state index < -0.39 is 8.07 Å². The fourth-order valence-electron chi connectivity index (χ4n) is 1.69. The van der Waals surface area contributed by atoms with E-state index in [0.29, 0.717) is 5.92 Å². The molecule has 1 nitrogen and oxygen atoms in total. The van der Waals surface area contributed by atoms with Gasteiger partial charge in [0.1, 0.15) is 0 Å². The van der Waals surface area contributed by atoms with Gasteiger partial charge in [-0.25, -0.2) is 0 Å². The van der Waals surface area contributed by atoms with Crippen LogP contribution in [-0.4, -0.2) is 19.3 Å². The number of aliphatic hydroxyl groups is 1. The summed E-state index contributed by atoms with van der Waals surface area (Å²) in [6.45, 7) is 7.14. The maximum atomic E-state index is 9.23. The molecule has 0 saturated heterocycles. The second-order valence-electron chi connectivity index (χ2n) is 4.71. The van der Waals surface area contributed by atoms with Gasteiger partial charge in [-0.1, -0.05) is 37.8 Å². The van der Waals surface area contributed by atoms with Crippen molar-refractivity contribution >= 4 is 8.07 Å². The first-order valence-electron chi connectivity index (χ1n) is 4.34. The van der Waals surface area contributed by atoms with Gasteiger partial charge in [0, 0.05) is 8.07 Å². The van der Waals surface area contributed by atoms with Gasteiger partial charge >= 0.3 is 0 Å². The van der Waals surface area contributed by atoms with Gasteiger partial charge in [-0.05, 0) is 12.3 Å². The summed E-state index contributed by atoms with van der Waals surface area (Å²) in [4.78, 5) is 0. The minimum absolute atomic E-state index is 0.156. The van der Waals surface area contributed by atoms with Crippen LogP contribution in [0.3, 0.4) is 0 Å². The molecule has 1 aliphatic rings. The Bertz CT molecular complexity index is 157. The molecule has 0 aromatic carbocycles. The maximum Gasteiger partial charge on any atom is 0.0726 e. The molecule has 0 bridgehead atoms. The predicted octanol–water partition coefficient (Wildman–Crippen LogP) is 2.26. The van der Waals surface area contributed by atoms with Crippen molar-refractivity contribution in [2.45, 2.75) is 38.2 Å². The molecule has 1 aliphatic carbocycles. The van der Waals surface area contributed by atoms with Gasteiger partial charge in [-0.2, -0.15) is 0 Å². The predicted molar refractivity (Wildman–Crippen MR) is 51.4 cm³/mol. The zero-order valence-electron chi connectivity index (χ0n) is 7.67.